The Balaban J connectivity index is 2.34. The molecule has 1 fully saturated rings. The summed E-state index contributed by atoms with van der Waals surface area (Å²) in [6.45, 7) is 14.5. The van der Waals surface area contributed by atoms with E-state index in [2.05, 4.69) is 37.5 Å². The topological polar surface area (TPSA) is 76.1 Å². The van der Waals surface area contributed by atoms with Crippen LogP contribution >= 0.6 is 0 Å². The van der Waals surface area contributed by atoms with Crippen molar-refractivity contribution in [1.82, 2.24) is 9.80 Å². The van der Waals surface area contributed by atoms with E-state index < -0.39 is 0 Å². The molecule has 7 nitrogen and oxygen atoms in total. The van der Waals surface area contributed by atoms with Crippen molar-refractivity contribution in [2.45, 2.75) is 297 Å². The highest BCUT2D eigenvalue weighted by Gasteiger charge is 2.18. The van der Waals surface area contributed by atoms with Gasteiger partial charge in [-0.2, -0.15) is 0 Å². The lowest BCUT2D eigenvalue weighted by Gasteiger charge is -2.24. The summed E-state index contributed by atoms with van der Waals surface area (Å²) in [5.74, 6) is 1.07. The number of carbonyl (C=O) groups excluding carboxylic acids is 3. The van der Waals surface area contributed by atoms with Gasteiger partial charge in [0.25, 0.3) is 0 Å². The second kappa shape index (κ2) is 45.5. The highest BCUT2D eigenvalue weighted by molar-refractivity contribution is 5.76. The molecule has 1 aliphatic rings. The van der Waals surface area contributed by atoms with E-state index in [0.717, 1.165) is 122 Å². The first-order valence-corrected chi connectivity index (χ1v) is 28.3. The third-order valence-corrected chi connectivity index (χ3v) is 13.8. The minimum atomic E-state index is -0.0293. The van der Waals surface area contributed by atoms with Crippen molar-refractivity contribution in [2.24, 2.45) is 5.92 Å². The van der Waals surface area contributed by atoms with Gasteiger partial charge < -0.3 is 19.3 Å². The number of hydrogen-bond donors (Lipinski definition) is 0. The van der Waals surface area contributed by atoms with E-state index in [1.54, 1.807) is 0 Å². The third-order valence-electron chi connectivity index (χ3n) is 13.8. The molecule has 1 saturated heterocycles. The number of hydrogen-bond acceptors (Lipinski definition) is 6. The van der Waals surface area contributed by atoms with Crippen LogP contribution in [0, 0.1) is 5.92 Å². The number of nitrogens with zero attached hydrogens (tertiary/aromatic N) is 2. The molecule has 0 aliphatic carbocycles. The molecule has 0 N–H and O–H groups in total. The normalized spacial score (nSPS) is 13.1. The Bertz CT molecular complexity index is 988. The molecule has 63 heavy (non-hydrogen) atoms. The first kappa shape index (κ1) is 59.4. The van der Waals surface area contributed by atoms with Crippen LogP contribution in [0.4, 0.5) is 0 Å². The SMILES string of the molecule is CCCCCCCCC(CCCCCCCC)OC(=O)CCCCCCCN(CCCCCCCC(=O)OCCCC(CCCCCC)CCCCCC)C(=O)CCN1CCCC1. The molecule has 0 aromatic heterocycles. The highest BCUT2D eigenvalue weighted by atomic mass is 16.5. The van der Waals surface area contributed by atoms with E-state index in [-0.39, 0.29) is 18.0 Å². The van der Waals surface area contributed by atoms with Crippen LogP contribution in [-0.4, -0.2) is 73.1 Å². The number of likely N-dealkylation sites (tertiary alicyclic amines) is 1. The van der Waals surface area contributed by atoms with Gasteiger partial charge in [0, 0.05) is 38.9 Å². The van der Waals surface area contributed by atoms with E-state index in [9.17, 15) is 14.4 Å². The lowest BCUT2D eigenvalue weighted by molar-refractivity contribution is -0.150. The van der Waals surface area contributed by atoms with Crippen LogP contribution in [-0.2, 0) is 23.9 Å². The van der Waals surface area contributed by atoms with Crippen molar-refractivity contribution in [3.05, 3.63) is 0 Å². The second-order valence-electron chi connectivity index (χ2n) is 19.9. The average molecular weight is 889 g/mol. The summed E-state index contributed by atoms with van der Waals surface area (Å²) >= 11 is 0. The maximum Gasteiger partial charge on any atom is 0.306 e. The molecule has 372 valence electrons. The molecule has 0 unspecified atom stereocenters. The number of esters is 2. The third kappa shape index (κ3) is 38.2. The fourth-order valence-electron chi connectivity index (χ4n) is 9.58. The van der Waals surface area contributed by atoms with E-state index in [1.165, 1.54) is 161 Å². The molecule has 0 aromatic rings. The molecular formula is C56H108N2O5. The van der Waals surface area contributed by atoms with Crippen molar-refractivity contribution in [3.8, 4) is 0 Å². The summed E-state index contributed by atoms with van der Waals surface area (Å²) < 4.78 is 11.7. The highest BCUT2D eigenvalue weighted by Crippen LogP contribution is 2.24. The van der Waals surface area contributed by atoms with Gasteiger partial charge in [-0.05, 0) is 96.1 Å². The quantitative estimate of drug-likeness (QED) is 0.0447. The summed E-state index contributed by atoms with van der Waals surface area (Å²) in [4.78, 5) is 43.3. The number of rotatable bonds is 48. The molecule has 0 aromatic carbocycles. The molecule has 0 saturated carbocycles. The first-order chi connectivity index (χ1) is 30.9. The maximum atomic E-state index is 13.4. The van der Waals surface area contributed by atoms with Crippen LogP contribution in [0.5, 0.6) is 0 Å². The van der Waals surface area contributed by atoms with Crippen LogP contribution in [0.2, 0.25) is 0 Å². The minimum absolute atomic E-state index is 0.00197. The Morgan fingerprint density at radius 3 is 1.35 bits per heavy atom. The smallest absolute Gasteiger partial charge is 0.306 e. The molecular weight excluding hydrogens is 781 g/mol. The zero-order chi connectivity index (χ0) is 45.7. The number of amides is 1. The van der Waals surface area contributed by atoms with Gasteiger partial charge in [-0.3, -0.25) is 14.4 Å². The van der Waals surface area contributed by atoms with Crippen LogP contribution in [0.1, 0.15) is 291 Å². The Morgan fingerprint density at radius 2 is 0.841 bits per heavy atom. The number of unbranched alkanes of at least 4 members (excludes halogenated alkanes) is 24. The van der Waals surface area contributed by atoms with Crippen LogP contribution in [0.25, 0.3) is 0 Å². The minimum Gasteiger partial charge on any atom is -0.466 e. The average Bonchev–Trinajstić information content (AvgIpc) is 3.81. The Hall–Kier alpha value is -1.63. The Morgan fingerprint density at radius 1 is 0.444 bits per heavy atom. The molecule has 0 atom stereocenters. The predicted octanol–water partition coefficient (Wildman–Crippen LogP) is 16.3. The van der Waals surface area contributed by atoms with Gasteiger partial charge in [0.1, 0.15) is 6.10 Å². The van der Waals surface area contributed by atoms with Crippen LogP contribution in [0.3, 0.4) is 0 Å². The molecule has 1 amide bonds. The zero-order valence-electron chi connectivity index (χ0n) is 42.8. The van der Waals surface area contributed by atoms with Gasteiger partial charge in [0.05, 0.1) is 6.61 Å². The summed E-state index contributed by atoms with van der Waals surface area (Å²) in [6, 6.07) is 0. The number of ether oxygens (including phenoxy) is 2. The molecule has 0 spiro atoms. The Labute approximate surface area is 392 Å². The lowest BCUT2D eigenvalue weighted by Crippen LogP contribution is -2.35. The van der Waals surface area contributed by atoms with E-state index in [4.69, 9.17) is 9.47 Å². The van der Waals surface area contributed by atoms with Gasteiger partial charge >= 0.3 is 11.9 Å². The van der Waals surface area contributed by atoms with E-state index in [1.807, 2.05) is 0 Å². The van der Waals surface area contributed by atoms with Gasteiger partial charge in [-0.25, -0.2) is 0 Å². The molecule has 0 radical (unpaired) electrons. The first-order valence-electron chi connectivity index (χ1n) is 28.3. The fraction of sp³-hybridized carbons (Fsp3) is 0.946. The maximum absolute atomic E-state index is 13.4. The Kier molecular flexibility index (Phi) is 42.9. The summed E-state index contributed by atoms with van der Waals surface area (Å²) in [7, 11) is 0. The van der Waals surface area contributed by atoms with Crippen LogP contribution in [0.15, 0.2) is 0 Å². The molecule has 1 heterocycles. The standard InChI is InChI=1S/C56H108N2O5/c1-5-9-13-17-21-29-41-53(42-30-22-18-14-10-6-2)63-56(61)44-32-24-20-26-34-49-58(54(59)45-50-57-46-35-36-47-57)48-33-25-19-23-31-43-55(60)62-51-37-40-52(38-27-15-11-7-3)39-28-16-12-8-4/h52-53H,5-51H2,1-4H3. The second-order valence-corrected chi connectivity index (χ2v) is 19.9. The van der Waals surface area contributed by atoms with Gasteiger partial charge in [-0.15, -0.1) is 0 Å². The largest absolute Gasteiger partial charge is 0.466 e. The lowest BCUT2D eigenvalue weighted by atomic mass is 9.91. The van der Waals surface area contributed by atoms with Gasteiger partial charge in [0.2, 0.25) is 5.91 Å². The summed E-state index contributed by atoms with van der Waals surface area (Å²) in [6.07, 6.45) is 47.5. The molecule has 1 aliphatic heterocycles. The van der Waals surface area contributed by atoms with Gasteiger partial charge in [0.15, 0.2) is 0 Å². The van der Waals surface area contributed by atoms with Crippen molar-refractivity contribution < 1.29 is 23.9 Å². The molecule has 7 heteroatoms. The van der Waals surface area contributed by atoms with Crippen molar-refractivity contribution in [1.29, 1.82) is 0 Å². The fourth-order valence-corrected chi connectivity index (χ4v) is 9.58. The van der Waals surface area contributed by atoms with Crippen molar-refractivity contribution in [3.63, 3.8) is 0 Å². The van der Waals surface area contributed by atoms with Crippen molar-refractivity contribution in [2.75, 3.05) is 39.3 Å². The summed E-state index contributed by atoms with van der Waals surface area (Å²) in [5, 5.41) is 0. The predicted molar refractivity (Wildman–Crippen MR) is 269 cm³/mol. The molecule has 1 rings (SSSR count). The number of carbonyl (C=O) groups is 3. The van der Waals surface area contributed by atoms with Crippen molar-refractivity contribution >= 4 is 17.8 Å². The van der Waals surface area contributed by atoms with E-state index >= 15 is 0 Å². The monoisotopic (exact) mass is 889 g/mol. The van der Waals surface area contributed by atoms with Crippen LogP contribution < -0.4 is 0 Å². The zero-order valence-corrected chi connectivity index (χ0v) is 42.8. The summed E-state index contributed by atoms with van der Waals surface area (Å²) in [5.41, 5.74) is 0. The van der Waals surface area contributed by atoms with Gasteiger partial charge in [-0.1, -0.05) is 195 Å². The van der Waals surface area contributed by atoms with E-state index in [0.29, 0.717) is 31.8 Å². The molecule has 0 bridgehead atoms.